The van der Waals surface area contributed by atoms with Crippen LogP contribution in [-0.2, 0) is 4.57 Å². The summed E-state index contributed by atoms with van der Waals surface area (Å²) in [6.45, 7) is 2.08. The molecule has 0 N–H and O–H groups in total. The van der Waals surface area contributed by atoms with Gasteiger partial charge in [-0.15, -0.1) is 0 Å². The van der Waals surface area contributed by atoms with Crippen molar-refractivity contribution >= 4 is 19.0 Å². The van der Waals surface area contributed by atoms with Crippen LogP contribution in [0.2, 0.25) is 0 Å². The van der Waals surface area contributed by atoms with Gasteiger partial charge in [0.25, 0.3) is 0 Å². The summed E-state index contributed by atoms with van der Waals surface area (Å²) in [4.78, 5) is 0. The second-order valence-electron chi connectivity index (χ2n) is 0.932. The molecule has 0 aromatic heterocycles. The van der Waals surface area contributed by atoms with E-state index in [4.69, 9.17) is 0 Å². The smallest absolute Gasteiger partial charge is 0.118 e. The third kappa shape index (κ3) is 4.45. The fourth-order valence-electron chi connectivity index (χ4n) is 0.144. The minimum Gasteiger partial charge on any atom is -0.279 e. The summed E-state index contributed by atoms with van der Waals surface area (Å²) in [7, 11) is -0.169. The van der Waals surface area contributed by atoms with Crippen LogP contribution in [0.3, 0.4) is 0 Å². The number of hydrogen-bond acceptors (Lipinski definition) is 2. The summed E-state index contributed by atoms with van der Waals surface area (Å²) in [6, 6.07) is 0. The molecule has 0 aromatic carbocycles. The maximum absolute atomic E-state index is 9.68. The molecule has 0 bridgehead atoms. The van der Waals surface area contributed by atoms with Gasteiger partial charge >= 0.3 is 0 Å². The molecule has 3 heteroatoms. The highest BCUT2D eigenvalue weighted by molar-refractivity contribution is 8.45. The van der Waals surface area contributed by atoms with Gasteiger partial charge in [-0.1, -0.05) is 18.3 Å². The monoisotopic (exact) mass is 123 g/mol. The van der Waals surface area contributed by atoms with Gasteiger partial charge in [0.05, 0.1) is 0 Å². The third-order valence-corrected chi connectivity index (χ3v) is 2.06. The summed E-state index contributed by atoms with van der Waals surface area (Å²) in [5, 5.41) is 0. The molecule has 0 aliphatic rings. The third-order valence-electron chi connectivity index (χ3n) is 0.365. The number of rotatable bonds is 3. The van der Waals surface area contributed by atoms with Crippen molar-refractivity contribution < 1.29 is 4.57 Å². The molecule has 0 aliphatic heterocycles. The van der Waals surface area contributed by atoms with Crippen LogP contribution in [0.5, 0.6) is 0 Å². The van der Waals surface area contributed by atoms with Crippen molar-refractivity contribution in [1.29, 1.82) is 0 Å². The van der Waals surface area contributed by atoms with E-state index in [9.17, 15) is 4.57 Å². The van der Waals surface area contributed by atoms with Gasteiger partial charge in [0.15, 0.2) is 0 Å². The molecule has 0 spiro atoms. The maximum Gasteiger partial charge on any atom is 0.118 e. The van der Waals surface area contributed by atoms with Crippen LogP contribution >= 0.6 is 19.0 Å². The van der Waals surface area contributed by atoms with Gasteiger partial charge in [-0.05, 0) is 6.42 Å². The Hall–Kier alpha value is 0.450. The zero-order chi connectivity index (χ0) is 4.83. The Balaban J connectivity index is 2.49. The van der Waals surface area contributed by atoms with E-state index in [-0.39, 0.29) is 7.66 Å². The second-order valence-corrected chi connectivity index (χ2v) is 3.16. The molecule has 6 heavy (non-hydrogen) atoms. The molecule has 0 saturated carbocycles. The zero-order valence-electron chi connectivity index (χ0n) is 3.73. The summed E-state index contributed by atoms with van der Waals surface area (Å²) in [5.41, 5.74) is 0. The first-order chi connectivity index (χ1) is 2.91. The normalized spacial score (nSPS) is 9.50. The molecule has 0 saturated heterocycles. The van der Waals surface area contributed by atoms with Gasteiger partial charge in [-0.2, -0.15) is 0 Å². The Morgan fingerprint density at radius 1 is 1.83 bits per heavy atom. The van der Waals surface area contributed by atoms with Crippen LogP contribution in [0.4, 0.5) is 0 Å². The minimum absolute atomic E-state index is 0.169. The topological polar surface area (TPSA) is 17.1 Å². The molecule has 0 aliphatic carbocycles. The van der Waals surface area contributed by atoms with Crippen LogP contribution in [-0.4, -0.2) is 5.75 Å². The van der Waals surface area contributed by atoms with E-state index in [1.54, 1.807) is 0 Å². The Kier molecular flexibility index (Phi) is 5.86. The predicted octanol–water partition coefficient (Wildman–Crippen LogP) is 2.07. The fraction of sp³-hybridized carbons (Fsp3) is 1.00. The van der Waals surface area contributed by atoms with E-state index in [1.165, 1.54) is 11.4 Å². The number of hydrogen-bond donors (Lipinski definition) is 0. The molecule has 1 atom stereocenters. The van der Waals surface area contributed by atoms with Crippen molar-refractivity contribution in [3.63, 3.8) is 0 Å². The van der Waals surface area contributed by atoms with E-state index in [0.717, 1.165) is 12.2 Å². The van der Waals surface area contributed by atoms with Crippen molar-refractivity contribution in [1.82, 2.24) is 0 Å². The molecule has 1 unspecified atom stereocenters. The molecule has 0 amide bonds. The van der Waals surface area contributed by atoms with E-state index < -0.39 is 0 Å². The van der Waals surface area contributed by atoms with Gasteiger partial charge < -0.3 is 0 Å². The summed E-state index contributed by atoms with van der Waals surface area (Å²) < 4.78 is 9.68. The minimum atomic E-state index is -0.169. The fourth-order valence-corrected chi connectivity index (χ4v) is 1.29. The van der Waals surface area contributed by atoms with Gasteiger partial charge in [0, 0.05) is 5.75 Å². The average Bonchev–Trinajstić information content (AvgIpc) is 1.61. The van der Waals surface area contributed by atoms with E-state index >= 15 is 0 Å². The highest BCUT2D eigenvalue weighted by Gasteiger charge is 1.74. The van der Waals surface area contributed by atoms with Crippen molar-refractivity contribution in [3.8, 4) is 0 Å². The predicted molar refractivity (Wildman–Crippen MR) is 31.8 cm³/mol. The van der Waals surface area contributed by atoms with Crippen molar-refractivity contribution in [2.45, 2.75) is 13.3 Å². The summed E-state index contributed by atoms with van der Waals surface area (Å²) in [5.74, 6) is 1.03. The lowest BCUT2D eigenvalue weighted by Gasteiger charge is -1.79. The molecule has 37 valence electrons. The quantitative estimate of drug-likeness (QED) is 0.422. The van der Waals surface area contributed by atoms with Crippen LogP contribution in [0.15, 0.2) is 0 Å². The zero-order valence-corrected chi connectivity index (χ0v) is 5.55. The van der Waals surface area contributed by atoms with Crippen LogP contribution in [0.1, 0.15) is 13.3 Å². The summed E-state index contributed by atoms with van der Waals surface area (Å²) >= 11 is 1.48. The highest BCUT2D eigenvalue weighted by atomic mass is 32.7. The Morgan fingerprint density at radius 2 is 2.50 bits per heavy atom. The SMILES string of the molecule is CCCS[PH]=O. The van der Waals surface area contributed by atoms with Crippen LogP contribution < -0.4 is 0 Å². The van der Waals surface area contributed by atoms with Crippen molar-refractivity contribution in [3.05, 3.63) is 0 Å². The Morgan fingerprint density at radius 3 is 2.67 bits per heavy atom. The van der Waals surface area contributed by atoms with E-state index in [0.29, 0.717) is 0 Å². The first-order valence-corrected chi connectivity index (χ1v) is 4.52. The lowest BCUT2D eigenvalue weighted by Crippen LogP contribution is -1.61. The Bertz CT molecular complexity index is 39.8. The molecule has 0 heterocycles. The first kappa shape index (κ1) is 6.45. The Labute approximate surface area is 43.5 Å². The van der Waals surface area contributed by atoms with Crippen LogP contribution in [0.25, 0.3) is 0 Å². The van der Waals surface area contributed by atoms with Crippen molar-refractivity contribution in [2.24, 2.45) is 0 Å². The molecule has 1 nitrogen and oxygen atoms in total. The van der Waals surface area contributed by atoms with E-state index in [1.807, 2.05) is 0 Å². The largest absolute Gasteiger partial charge is 0.279 e. The van der Waals surface area contributed by atoms with Crippen LogP contribution in [0, 0.1) is 0 Å². The van der Waals surface area contributed by atoms with Gasteiger partial charge in [-0.3, -0.25) is 4.57 Å². The van der Waals surface area contributed by atoms with Gasteiger partial charge in [0.2, 0.25) is 0 Å². The lowest BCUT2D eigenvalue weighted by molar-refractivity contribution is 0.605. The first-order valence-electron chi connectivity index (χ1n) is 1.90. The highest BCUT2D eigenvalue weighted by Crippen LogP contribution is 2.16. The molecule has 0 fully saturated rings. The van der Waals surface area contributed by atoms with Gasteiger partial charge in [-0.25, -0.2) is 0 Å². The van der Waals surface area contributed by atoms with Gasteiger partial charge in [0.1, 0.15) is 7.66 Å². The standard InChI is InChI=1S/C3H8OPS/c1-2-3-6-5-4/h5H,2-3H2,1H3. The molecular formula is C3H8OPS. The maximum atomic E-state index is 9.68. The average molecular weight is 123 g/mol. The summed E-state index contributed by atoms with van der Waals surface area (Å²) in [6.07, 6.45) is 1.12. The molecule has 0 aromatic rings. The molecule has 0 rings (SSSR count). The second kappa shape index (κ2) is 5.45. The van der Waals surface area contributed by atoms with Crippen molar-refractivity contribution in [2.75, 3.05) is 5.75 Å². The van der Waals surface area contributed by atoms with E-state index in [2.05, 4.69) is 6.92 Å². The lowest BCUT2D eigenvalue weighted by atomic mass is 10.6. The molecular weight excluding hydrogens is 115 g/mol. The molecule has 1 radical (unpaired) electrons.